The van der Waals surface area contributed by atoms with Gasteiger partial charge in [-0.25, -0.2) is 9.78 Å². The molecule has 2 saturated heterocycles. The Morgan fingerprint density at radius 2 is 2.43 bits per heavy atom. The molecule has 0 bridgehead atoms. The van der Waals surface area contributed by atoms with Crippen molar-refractivity contribution in [3.8, 4) is 0 Å². The maximum Gasteiger partial charge on any atom is 0.315 e. The van der Waals surface area contributed by atoms with Gasteiger partial charge in [-0.3, -0.25) is 0 Å². The van der Waals surface area contributed by atoms with E-state index in [1.807, 2.05) is 12.3 Å². The number of aromatic nitrogens is 1. The van der Waals surface area contributed by atoms with Crippen molar-refractivity contribution in [3.63, 3.8) is 0 Å². The summed E-state index contributed by atoms with van der Waals surface area (Å²) >= 11 is 1.63. The molecule has 0 radical (unpaired) electrons. The molecule has 3 heterocycles. The number of likely N-dealkylation sites (tertiary alicyclic amines) is 1. The monoisotopic (exact) mass is 311 g/mol. The molecule has 3 atom stereocenters. The number of urea groups is 1. The van der Waals surface area contributed by atoms with Crippen LogP contribution in [0.2, 0.25) is 0 Å². The Balaban J connectivity index is 1.44. The minimum atomic E-state index is -0.334. The van der Waals surface area contributed by atoms with Crippen molar-refractivity contribution in [1.29, 1.82) is 0 Å². The van der Waals surface area contributed by atoms with E-state index >= 15 is 0 Å². The van der Waals surface area contributed by atoms with E-state index in [-0.39, 0.29) is 24.3 Å². The van der Waals surface area contributed by atoms with Crippen molar-refractivity contribution in [2.75, 3.05) is 13.2 Å². The van der Waals surface area contributed by atoms with Crippen molar-refractivity contribution in [2.45, 2.75) is 51.0 Å². The number of nitrogens with two attached hydrogens (primary N) is 1. The van der Waals surface area contributed by atoms with Crippen molar-refractivity contribution in [1.82, 2.24) is 9.88 Å². The molecule has 0 aromatic carbocycles. The lowest BCUT2D eigenvalue weighted by molar-refractivity contribution is -0.0982. The molecule has 6 nitrogen and oxygen atoms in total. The zero-order valence-electron chi connectivity index (χ0n) is 12.2. The van der Waals surface area contributed by atoms with E-state index in [1.165, 1.54) is 0 Å². The first-order valence-corrected chi connectivity index (χ1v) is 8.21. The second kappa shape index (κ2) is 6.29. The molecule has 1 aromatic heterocycles. The predicted octanol–water partition coefficient (Wildman–Crippen LogP) is 1.67. The highest BCUT2D eigenvalue weighted by atomic mass is 32.1. The second-order valence-corrected chi connectivity index (χ2v) is 6.70. The molecule has 7 heteroatoms. The van der Waals surface area contributed by atoms with E-state index in [0.717, 1.165) is 30.0 Å². The average Bonchev–Trinajstić information content (AvgIpc) is 3.04. The van der Waals surface area contributed by atoms with Crippen LogP contribution >= 0.6 is 11.3 Å². The fourth-order valence-corrected chi connectivity index (χ4v) is 3.76. The molecule has 2 aliphatic rings. The zero-order valence-corrected chi connectivity index (χ0v) is 13.0. The highest BCUT2D eigenvalue weighted by Crippen LogP contribution is 2.31. The fraction of sp³-hybridized carbons (Fsp3) is 0.714. The van der Waals surface area contributed by atoms with Crippen LogP contribution in [-0.2, 0) is 16.1 Å². The predicted molar refractivity (Wildman–Crippen MR) is 79.1 cm³/mol. The topological polar surface area (TPSA) is 77.7 Å². The number of nitrogens with zero attached hydrogens (tertiary/aromatic N) is 2. The Morgan fingerprint density at radius 1 is 1.57 bits per heavy atom. The molecule has 2 N–H and O–H groups in total. The minimum Gasteiger partial charge on any atom is -0.372 e. The van der Waals surface area contributed by atoms with Crippen LogP contribution in [0.5, 0.6) is 0 Å². The largest absolute Gasteiger partial charge is 0.372 e. The molecule has 2 fully saturated rings. The first kappa shape index (κ1) is 14.7. The Bertz CT molecular complexity index is 507. The standard InChI is InChI=1S/C14H21N3O3S/c1-9-16-10(8-21-9)6-19-7-11-2-3-12-13(20-11)4-5-17(12)14(15)18/h8,11-13H,2-7H2,1H3,(H2,15,18)/t11-,12?,13?/m0/s1. The van der Waals surface area contributed by atoms with Crippen LogP contribution in [0.3, 0.4) is 0 Å². The van der Waals surface area contributed by atoms with Crippen molar-refractivity contribution in [2.24, 2.45) is 5.73 Å². The minimum absolute atomic E-state index is 0.110. The molecule has 2 aliphatic heterocycles. The van der Waals surface area contributed by atoms with Crippen LogP contribution in [0, 0.1) is 6.92 Å². The highest BCUT2D eigenvalue weighted by molar-refractivity contribution is 7.09. The summed E-state index contributed by atoms with van der Waals surface area (Å²) in [6.07, 6.45) is 2.94. The number of hydrogen-bond donors (Lipinski definition) is 1. The Labute approximate surface area is 128 Å². The number of rotatable bonds is 4. The molecular formula is C14H21N3O3S. The number of carbonyl (C=O) groups excluding carboxylic acids is 1. The van der Waals surface area contributed by atoms with Crippen molar-refractivity contribution in [3.05, 3.63) is 16.1 Å². The van der Waals surface area contributed by atoms with E-state index < -0.39 is 0 Å². The van der Waals surface area contributed by atoms with Crippen LogP contribution in [0.25, 0.3) is 0 Å². The van der Waals surface area contributed by atoms with E-state index in [9.17, 15) is 4.79 Å². The molecule has 0 spiro atoms. The first-order valence-electron chi connectivity index (χ1n) is 7.34. The van der Waals surface area contributed by atoms with Crippen LogP contribution < -0.4 is 5.73 Å². The van der Waals surface area contributed by atoms with Gasteiger partial charge in [-0.05, 0) is 26.2 Å². The number of aryl methyl sites for hydroxylation is 1. The lowest BCUT2D eigenvalue weighted by Gasteiger charge is -2.35. The van der Waals surface area contributed by atoms with Gasteiger partial charge in [0, 0.05) is 11.9 Å². The number of hydrogen-bond acceptors (Lipinski definition) is 5. The summed E-state index contributed by atoms with van der Waals surface area (Å²) in [6, 6.07) is -0.181. The Kier molecular flexibility index (Phi) is 4.42. The van der Waals surface area contributed by atoms with Crippen molar-refractivity contribution < 1.29 is 14.3 Å². The molecule has 21 heavy (non-hydrogen) atoms. The summed E-state index contributed by atoms with van der Waals surface area (Å²) < 4.78 is 11.8. The van der Waals surface area contributed by atoms with Gasteiger partial charge in [-0.2, -0.15) is 0 Å². The smallest absolute Gasteiger partial charge is 0.315 e. The Hall–Kier alpha value is -1.18. The van der Waals surface area contributed by atoms with Gasteiger partial charge in [0.2, 0.25) is 0 Å². The average molecular weight is 311 g/mol. The van der Waals surface area contributed by atoms with Gasteiger partial charge in [0.05, 0.1) is 42.2 Å². The van der Waals surface area contributed by atoms with Gasteiger partial charge < -0.3 is 20.1 Å². The molecule has 116 valence electrons. The SMILES string of the molecule is Cc1nc(COC[C@@H]2CCC3C(CCN3C(N)=O)O2)cs1. The van der Waals surface area contributed by atoms with Crippen molar-refractivity contribution >= 4 is 17.4 Å². The summed E-state index contributed by atoms with van der Waals surface area (Å²) in [6.45, 7) is 3.81. The van der Waals surface area contributed by atoms with E-state index in [1.54, 1.807) is 16.2 Å². The molecule has 2 unspecified atom stereocenters. The van der Waals surface area contributed by atoms with Crippen LogP contribution in [0.15, 0.2) is 5.38 Å². The summed E-state index contributed by atoms with van der Waals surface area (Å²) in [4.78, 5) is 17.4. The van der Waals surface area contributed by atoms with Gasteiger partial charge in [0.1, 0.15) is 0 Å². The van der Waals surface area contributed by atoms with Gasteiger partial charge in [-0.1, -0.05) is 0 Å². The fourth-order valence-electron chi connectivity index (χ4n) is 3.16. The Morgan fingerprint density at radius 3 is 3.14 bits per heavy atom. The summed E-state index contributed by atoms with van der Waals surface area (Å²) in [5.41, 5.74) is 6.37. The molecule has 0 saturated carbocycles. The molecule has 0 aliphatic carbocycles. The third-order valence-corrected chi connectivity index (χ3v) is 4.96. The van der Waals surface area contributed by atoms with Gasteiger partial charge in [-0.15, -0.1) is 11.3 Å². The summed E-state index contributed by atoms with van der Waals surface area (Å²) in [5, 5.41) is 3.08. The van der Waals surface area contributed by atoms with Crippen LogP contribution in [0.4, 0.5) is 4.79 Å². The number of thiazole rings is 1. The maximum atomic E-state index is 11.3. The number of carbonyl (C=O) groups is 1. The molecule has 1 aromatic rings. The third-order valence-electron chi connectivity index (χ3n) is 4.14. The van der Waals surface area contributed by atoms with Gasteiger partial charge in [0.15, 0.2) is 0 Å². The summed E-state index contributed by atoms with van der Waals surface area (Å²) in [7, 11) is 0. The lowest BCUT2D eigenvalue weighted by atomic mass is 9.99. The molecular weight excluding hydrogens is 290 g/mol. The quantitative estimate of drug-likeness (QED) is 0.917. The number of amides is 2. The first-order chi connectivity index (χ1) is 10.1. The highest BCUT2D eigenvalue weighted by Gasteiger charge is 2.41. The van der Waals surface area contributed by atoms with E-state index in [4.69, 9.17) is 15.2 Å². The van der Waals surface area contributed by atoms with E-state index in [0.29, 0.717) is 19.8 Å². The summed E-state index contributed by atoms with van der Waals surface area (Å²) in [5.74, 6) is 0. The van der Waals surface area contributed by atoms with Gasteiger partial charge >= 0.3 is 6.03 Å². The normalized spacial score (nSPS) is 28.6. The lowest BCUT2D eigenvalue weighted by Crippen LogP contribution is -2.47. The maximum absolute atomic E-state index is 11.3. The second-order valence-electron chi connectivity index (χ2n) is 5.63. The third kappa shape index (κ3) is 3.36. The van der Waals surface area contributed by atoms with Gasteiger partial charge in [0.25, 0.3) is 0 Å². The molecule has 3 rings (SSSR count). The molecule has 2 amide bonds. The van der Waals surface area contributed by atoms with Crippen LogP contribution in [0.1, 0.15) is 30.0 Å². The number of primary amides is 1. The zero-order chi connectivity index (χ0) is 14.8. The van der Waals surface area contributed by atoms with Crippen LogP contribution in [-0.4, -0.2) is 47.3 Å². The number of ether oxygens (including phenoxy) is 2. The van der Waals surface area contributed by atoms with E-state index in [2.05, 4.69) is 4.98 Å². The number of fused-ring (bicyclic) bond motifs is 1.